The number of pyridine rings is 1. The molecule has 1 aliphatic rings. The standard InChI is InChI=1S/C34H36N6O4/c1-6-23-13-10-14-25-21-40(30(41)27(23)25)29-28(24-15-17-35-18-16-24)38-32(39(5)31(29)42)36-20-26(19-22-11-8-7-9-12-22)37-33(43)44-34(2,3)4/h6-18,26H,1,19-21H2,2-5H3,(H,36,38)(H,37,43)/t26-/m0/s1. The van der Waals surface area contributed by atoms with Gasteiger partial charge in [-0.2, -0.15) is 0 Å². The largest absolute Gasteiger partial charge is 0.444 e. The Morgan fingerprint density at radius 1 is 1.07 bits per heavy atom. The molecule has 4 aromatic rings. The third kappa shape index (κ3) is 6.54. The van der Waals surface area contributed by atoms with Crippen molar-refractivity contribution in [2.24, 2.45) is 7.05 Å². The van der Waals surface area contributed by atoms with Gasteiger partial charge in [-0.15, -0.1) is 0 Å². The molecule has 0 spiro atoms. The van der Waals surface area contributed by atoms with Gasteiger partial charge in [-0.3, -0.25) is 24.0 Å². The van der Waals surface area contributed by atoms with Crippen molar-refractivity contribution in [1.29, 1.82) is 0 Å². The van der Waals surface area contributed by atoms with Crippen LogP contribution in [0.15, 0.2) is 84.4 Å². The number of ether oxygens (including phenoxy) is 1. The number of amides is 2. The number of nitrogens with one attached hydrogen (secondary N) is 2. The summed E-state index contributed by atoms with van der Waals surface area (Å²) in [7, 11) is 1.61. The van der Waals surface area contributed by atoms with Gasteiger partial charge in [0.15, 0.2) is 0 Å². The number of rotatable bonds is 9. The van der Waals surface area contributed by atoms with Gasteiger partial charge in [-0.1, -0.05) is 61.2 Å². The van der Waals surface area contributed by atoms with Gasteiger partial charge in [0.2, 0.25) is 5.95 Å². The first-order valence-corrected chi connectivity index (χ1v) is 14.4. The first-order chi connectivity index (χ1) is 21.1. The van der Waals surface area contributed by atoms with Gasteiger partial charge >= 0.3 is 6.09 Å². The highest BCUT2D eigenvalue weighted by Crippen LogP contribution is 2.34. The predicted molar refractivity (Wildman–Crippen MR) is 172 cm³/mol. The van der Waals surface area contributed by atoms with Crippen molar-refractivity contribution in [1.82, 2.24) is 19.9 Å². The number of carbonyl (C=O) groups excluding carboxylic acids is 2. The molecular weight excluding hydrogens is 556 g/mol. The Kier molecular flexibility index (Phi) is 8.61. The molecule has 2 amide bonds. The SMILES string of the molecule is C=Cc1cccc2c1C(=O)N(c1c(-c3ccncc3)nc(NC[C@H](Cc3ccccc3)NC(=O)OC(C)(C)C)n(C)c1=O)C2. The van der Waals surface area contributed by atoms with Crippen LogP contribution in [0.1, 0.15) is 47.8 Å². The van der Waals surface area contributed by atoms with Crippen molar-refractivity contribution in [3.8, 4) is 11.3 Å². The van der Waals surface area contributed by atoms with Crippen LogP contribution in [0.25, 0.3) is 17.3 Å². The molecule has 5 rings (SSSR count). The van der Waals surface area contributed by atoms with E-state index in [1.165, 1.54) is 9.47 Å². The second kappa shape index (κ2) is 12.5. The van der Waals surface area contributed by atoms with Crippen molar-refractivity contribution in [3.63, 3.8) is 0 Å². The molecule has 0 saturated heterocycles. The Morgan fingerprint density at radius 2 is 1.80 bits per heavy atom. The van der Waals surface area contributed by atoms with E-state index in [0.29, 0.717) is 28.8 Å². The van der Waals surface area contributed by atoms with Crippen molar-refractivity contribution in [3.05, 3.63) is 112 Å². The molecular formula is C34H36N6O4. The summed E-state index contributed by atoms with van der Waals surface area (Å²) in [4.78, 5) is 51.0. The summed E-state index contributed by atoms with van der Waals surface area (Å²) in [5.41, 5.74) is 3.19. The minimum absolute atomic E-state index is 0.174. The Hall–Kier alpha value is -5.25. The minimum Gasteiger partial charge on any atom is -0.444 e. The highest BCUT2D eigenvalue weighted by molar-refractivity contribution is 6.13. The van der Waals surface area contributed by atoms with E-state index < -0.39 is 17.3 Å². The van der Waals surface area contributed by atoms with E-state index in [0.717, 1.165) is 11.1 Å². The fourth-order valence-electron chi connectivity index (χ4n) is 5.20. The maximum atomic E-state index is 14.1. The van der Waals surface area contributed by atoms with E-state index in [-0.39, 0.29) is 36.7 Å². The van der Waals surface area contributed by atoms with Gasteiger partial charge in [0.1, 0.15) is 17.0 Å². The highest BCUT2D eigenvalue weighted by atomic mass is 16.6. The van der Waals surface area contributed by atoms with Crippen molar-refractivity contribution in [2.75, 3.05) is 16.8 Å². The van der Waals surface area contributed by atoms with Gasteiger partial charge in [-0.05, 0) is 56.0 Å². The van der Waals surface area contributed by atoms with Crippen LogP contribution in [0.5, 0.6) is 0 Å². The molecule has 10 heteroatoms. The summed E-state index contributed by atoms with van der Waals surface area (Å²) in [6.45, 7) is 9.75. The first kappa shape index (κ1) is 30.2. The predicted octanol–water partition coefficient (Wildman–Crippen LogP) is 5.19. The van der Waals surface area contributed by atoms with Crippen molar-refractivity contribution < 1.29 is 14.3 Å². The third-order valence-electron chi connectivity index (χ3n) is 7.23. The van der Waals surface area contributed by atoms with Crippen molar-refractivity contribution in [2.45, 2.75) is 45.4 Å². The van der Waals surface area contributed by atoms with Gasteiger partial charge in [0.25, 0.3) is 11.5 Å². The monoisotopic (exact) mass is 592 g/mol. The number of carbonyl (C=O) groups is 2. The summed E-state index contributed by atoms with van der Waals surface area (Å²) in [5, 5.41) is 6.21. The van der Waals surface area contributed by atoms with Crippen LogP contribution < -0.4 is 21.1 Å². The summed E-state index contributed by atoms with van der Waals surface area (Å²) in [6.07, 6.45) is 4.85. The minimum atomic E-state index is -0.658. The number of benzene rings is 2. The number of aromatic nitrogens is 3. The normalized spacial score (nSPS) is 13.3. The van der Waals surface area contributed by atoms with E-state index in [4.69, 9.17) is 9.72 Å². The van der Waals surface area contributed by atoms with Crippen LogP contribution in [0.2, 0.25) is 0 Å². The van der Waals surface area contributed by atoms with E-state index in [2.05, 4.69) is 22.2 Å². The number of hydrogen-bond acceptors (Lipinski definition) is 7. The number of fused-ring (bicyclic) bond motifs is 1. The van der Waals surface area contributed by atoms with E-state index in [9.17, 15) is 14.4 Å². The molecule has 10 nitrogen and oxygen atoms in total. The molecule has 2 aromatic heterocycles. The van der Waals surface area contributed by atoms with Crippen LogP contribution in [-0.2, 0) is 24.8 Å². The van der Waals surface area contributed by atoms with Gasteiger partial charge in [0.05, 0.1) is 18.2 Å². The lowest BCUT2D eigenvalue weighted by molar-refractivity contribution is 0.0506. The molecule has 226 valence electrons. The molecule has 2 N–H and O–H groups in total. The summed E-state index contributed by atoms with van der Waals surface area (Å²) in [6, 6.07) is 18.5. The number of anilines is 2. The third-order valence-corrected chi connectivity index (χ3v) is 7.23. The molecule has 44 heavy (non-hydrogen) atoms. The molecule has 0 aliphatic carbocycles. The number of hydrogen-bond donors (Lipinski definition) is 2. The zero-order valence-electron chi connectivity index (χ0n) is 25.3. The van der Waals surface area contributed by atoms with E-state index >= 15 is 0 Å². The van der Waals surface area contributed by atoms with Crippen LogP contribution in [-0.4, -0.2) is 44.7 Å². The lowest BCUT2D eigenvalue weighted by Gasteiger charge is -2.25. The second-order valence-electron chi connectivity index (χ2n) is 11.6. The Balaban J connectivity index is 1.50. The molecule has 1 aliphatic heterocycles. The van der Waals surface area contributed by atoms with E-state index in [1.54, 1.807) is 58.4 Å². The van der Waals surface area contributed by atoms with Crippen LogP contribution >= 0.6 is 0 Å². The second-order valence-corrected chi connectivity index (χ2v) is 11.6. The molecule has 0 fully saturated rings. The lowest BCUT2D eigenvalue weighted by Crippen LogP contribution is -2.44. The summed E-state index contributed by atoms with van der Waals surface area (Å²) < 4.78 is 6.89. The summed E-state index contributed by atoms with van der Waals surface area (Å²) in [5.74, 6) is 0.000421. The average molecular weight is 593 g/mol. The molecule has 0 saturated carbocycles. The van der Waals surface area contributed by atoms with Crippen LogP contribution in [0.4, 0.5) is 16.4 Å². The Bertz CT molecular complexity index is 1750. The average Bonchev–Trinajstić information content (AvgIpc) is 3.33. The topological polar surface area (TPSA) is 118 Å². The molecule has 0 radical (unpaired) electrons. The maximum absolute atomic E-state index is 14.1. The number of alkyl carbamates (subject to hydrolysis) is 1. The van der Waals surface area contributed by atoms with Gasteiger partial charge < -0.3 is 15.4 Å². The quantitative estimate of drug-likeness (QED) is 0.275. The van der Waals surface area contributed by atoms with Crippen molar-refractivity contribution >= 4 is 29.7 Å². The Morgan fingerprint density at radius 3 is 2.48 bits per heavy atom. The summed E-state index contributed by atoms with van der Waals surface area (Å²) >= 11 is 0. The van der Waals surface area contributed by atoms with Crippen LogP contribution in [0, 0.1) is 0 Å². The molecule has 3 heterocycles. The molecule has 0 unspecified atom stereocenters. The van der Waals surface area contributed by atoms with Crippen LogP contribution in [0.3, 0.4) is 0 Å². The molecule has 1 atom stereocenters. The number of nitrogens with zero attached hydrogens (tertiary/aromatic N) is 4. The molecule has 0 bridgehead atoms. The maximum Gasteiger partial charge on any atom is 0.407 e. The molecule has 2 aromatic carbocycles. The van der Waals surface area contributed by atoms with Gasteiger partial charge in [0, 0.05) is 31.5 Å². The first-order valence-electron chi connectivity index (χ1n) is 14.4. The van der Waals surface area contributed by atoms with Gasteiger partial charge in [-0.25, -0.2) is 9.78 Å². The van der Waals surface area contributed by atoms with E-state index in [1.807, 2.05) is 48.5 Å². The Labute approximate surface area is 256 Å². The lowest BCUT2D eigenvalue weighted by atomic mass is 10.0. The smallest absolute Gasteiger partial charge is 0.407 e. The highest BCUT2D eigenvalue weighted by Gasteiger charge is 2.35. The zero-order valence-corrected chi connectivity index (χ0v) is 25.3. The fourth-order valence-corrected chi connectivity index (χ4v) is 5.20. The fraction of sp³-hybridized carbons (Fsp3) is 0.265. The zero-order chi connectivity index (χ0) is 31.4.